The molecule has 5 nitrogen and oxygen atoms in total. The van der Waals surface area contributed by atoms with E-state index in [-0.39, 0.29) is 23.2 Å². The van der Waals surface area contributed by atoms with E-state index >= 15 is 0 Å². The Balaban J connectivity index is 1.90. The quantitative estimate of drug-likeness (QED) is 0.620. The van der Waals surface area contributed by atoms with E-state index in [0.717, 1.165) is 11.1 Å². The summed E-state index contributed by atoms with van der Waals surface area (Å²) >= 11 is 0. The van der Waals surface area contributed by atoms with Gasteiger partial charge in [0.1, 0.15) is 6.26 Å². The Labute approximate surface area is 118 Å². The molecule has 2 aliphatic carbocycles. The highest BCUT2D eigenvalue weighted by atomic mass is 16.3. The molecule has 21 heavy (non-hydrogen) atoms. The second-order valence-corrected chi connectivity index (χ2v) is 5.37. The standard InChI is InChI=1S/C16H9NO4/c18-10-2-1-8-13(15(10)20)12-9(14(8)19)5-7-6-17-3-4-21-16(17)11(7)12/h1-6,12,18,20H. The number of ketones is 1. The van der Waals surface area contributed by atoms with Crippen molar-refractivity contribution in [1.29, 1.82) is 0 Å². The van der Waals surface area contributed by atoms with Crippen LogP contribution >= 0.6 is 0 Å². The van der Waals surface area contributed by atoms with Crippen LogP contribution in [0, 0.1) is 0 Å². The van der Waals surface area contributed by atoms with Crippen LogP contribution in [-0.4, -0.2) is 20.4 Å². The number of fused-ring (bicyclic) bond motifs is 7. The number of carbonyl (C=O) groups excluding carboxylic acids is 1. The zero-order valence-corrected chi connectivity index (χ0v) is 10.7. The van der Waals surface area contributed by atoms with E-state index in [0.29, 0.717) is 22.4 Å². The predicted octanol–water partition coefficient (Wildman–Crippen LogP) is 2.67. The van der Waals surface area contributed by atoms with Crippen LogP contribution in [0.25, 0.3) is 11.8 Å². The van der Waals surface area contributed by atoms with Crippen molar-refractivity contribution in [2.45, 2.75) is 5.92 Å². The molecule has 0 fully saturated rings. The number of carbonyl (C=O) groups is 1. The van der Waals surface area contributed by atoms with Crippen molar-refractivity contribution in [3.05, 3.63) is 58.6 Å². The lowest BCUT2D eigenvalue weighted by molar-refractivity contribution is 0.103. The molecule has 0 radical (unpaired) electrons. The van der Waals surface area contributed by atoms with E-state index < -0.39 is 0 Å². The molecule has 2 heterocycles. The van der Waals surface area contributed by atoms with Gasteiger partial charge < -0.3 is 14.6 Å². The van der Waals surface area contributed by atoms with Crippen LogP contribution in [0.5, 0.6) is 11.5 Å². The van der Waals surface area contributed by atoms with Gasteiger partial charge in [-0.2, -0.15) is 0 Å². The predicted molar refractivity (Wildman–Crippen MR) is 73.6 cm³/mol. The average Bonchev–Trinajstić information content (AvgIpc) is 3.14. The number of benzene rings is 1. The number of phenolic OH excluding ortho intramolecular Hbond substituents is 2. The third kappa shape index (κ3) is 1.07. The maximum Gasteiger partial charge on any atom is 0.208 e. The first-order valence-electron chi connectivity index (χ1n) is 6.56. The molecule has 2 N–H and O–H groups in total. The van der Waals surface area contributed by atoms with Gasteiger partial charge in [0.2, 0.25) is 5.71 Å². The van der Waals surface area contributed by atoms with Crippen LogP contribution in [0.3, 0.4) is 0 Å². The van der Waals surface area contributed by atoms with Crippen molar-refractivity contribution < 1.29 is 19.4 Å². The van der Waals surface area contributed by atoms with Crippen molar-refractivity contribution in [3.63, 3.8) is 0 Å². The molecule has 3 aromatic rings. The highest BCUT2D eigenvalue weighted by Gasteiger charge is 2.44. The molecule has 2 aromatic heterocycles. The summed E-state index contributed by atoms with van der Waals surface area (Å²) in [6.45, 7) is 0. The second-order valence-electron chi connectivity index (χ2n) is 5.37. The molecule has 1 atom stereocenters. The van der Waals surface area contributed by atoms with Crippen molar-refractivity contribution in [1.82, 2.24) is 4.40 Å². The molecule has 0 bridgehead atoms. The number of aromatic nitrogens is 1. The van der Waals surface area contributed by atoms with Gasteiger partial charge in [0, 0.05) is 46.1 Å². The minimum absolute atomic E-state index is 0.105. The number of rotatable bonds is 0. The maximum absolute atomic E-state index is 12.5. The van der Waals surface area contributed by atoms with Gasteiger partial charge >= 0.3 is 0 Å². The summed E-state index contributed by atoms with van der Waals surface area (Å²) < 4.78 is 7.35. The van der Waals surface area contributed by atoms with Crippen LogP contribution in [0.4, 0.5) is 0 Å². The van der Waals surface area contributed by atoms with Gasteiger partial charge in [-0.25, -0.2) is 0 Å². The number of oxazole rings is 1. The lowest BCUT2D eigenvalue weighted by Gasteiger charge is -2.10. The van der Waals surface area contributed by atoms with Gasteiger partial charge in [0.15, 0.2) is 17.3 Å². The maximum atomic E-state index is 12.5. The number of phenols is 2. The Hall–Kier alpha value is -2.95. The number of nitrogens with zero attached hydrogens (tertiary/aromatic N) is 1. The number of hydrogen-bond donors (Lipinski definition) is 2. The Bertz CT molecular complexity index is 989. The Kier molecular flexibility index (Phi) is 1.64. The topological polar surface area (TPSA) is 75.1 Å². The molecule has 0 saturated carbocycles. The highest BCUT2D eigenvalue weighted by Crippen LogP contribution is 2.54. The third-order valence-electron chi connectivity index (χ3n) is 4.36. The number of aromatic hydroxyl groups is 2. The van der Waals surface area contributed by atoms with Crippen LogP contribution in [0.2, 0.25) is 0 Å². The summed E-state index contributed by atoms with van der Waals surface area (Å²) in [5.74, 6) is -0.920. The van der Waals surface area contributed by atoms with E-state index in [9.17, 15) is 15.0 Å². The second kappa shape index (κ2) is 3.20. The SMILES string of the molecule is O=C1C2=Cc3cn4ccoc4c3C2c2c1ccc(O)c2O. The molecule has 1 aromatic carbocycles. The normalized spacial score (nSPS) is 18.8. The van der Waals surface area contributed by atoms with Gasteiger partial charge in [-0.3, -0.25) is 9.20 Å². The largest absolute Gasteiger partial charge is 0.504 e. The molecular weight excluding hydrogens is 270 g/mol. The van der Waals surface area contributed by atoms with Gasteiger partial charge in [-0.05, 0) is 18.2 Å². The van der Waals surface area contributed by atoms with Crippen LogP contribution in [0.15, 0.2) is 40.8 Å². The van der Waals surface area contributed by atoms with Crippen molar-refractivity contribution in [2.75, 3.05) is 0 Å². The van der Waals surface area contributed by atoms with E-state index in [4.69, 9.17) is 4.42 Å². The summed E-state index contributed by atoms with van der Waals surface area (Å²) in [6.07, 6.45) is 7.10. The molecule has 1 unspecified atom stereocenters. The molecule has 0 amide bonds. The Morgan fingerprint density at radius 1 is 1.19 bits per heavy atom. The molecule has 0 saturated heterocycles. The van der Waals surface area contributed by atoms with E-state index in [1.807, 2.05) is 16.7 Å². The minimum Gasteiger partial charge on any atom is -0.504 e. The first kappa shape index (κ1) is 10.8. The van der Waals surface area contributed by atoms with Crippen LogP contribution in [0.1, 0.15) is 33.0 Å². The molecular formula is C16H9NO4. The average molecular weight is 279 g/mol. The fourth-order valence-corrected chi connectivity index (χ4v) is 3.49. The van der Waals surface area contributed by atoms with E-state index in [1.54, 1.807) is 18.5 Å². The van der Waals surface area contributed by atoms with Crippen LogP contribution < -0.4 is 0 Å². The van der Waals surface area contributed by atoms with Crippen molar-refractivity contribution >= 4 is 17.6 Å². The summed E-state index contributed by atoms with van der Waals surface area (Å²) in [7, 11) is 0. The summed E-state index contributed by atoms with van der Waals surface area (Å²) in [5, 5.41) is 20.0. The highest BCUT2D eigenvalue weighted by molar-refractivity contribution is 6.20. The third-order valence-corrected chi connectivity index (χ3v) is 4.36. The van der Waals surface area contributed by atoms with Crippen molar-refractivity contribution in [2.24, 2.45) is 0 Å². The summed E-state index contributed by atoms with van der Waals surface area (Å²) in [4.78, 5) is 12.5. The van der Waals surface area contributed by atoms with E-state index in [2.05, 4.69) is 0 Å². The van der Waals surface area contributed by atoms with E-state index in [1.165, 1.54) is 6.07 Å². The van der Waals surface area contributed by atoms with Gasteiger partial charge in [-0.1, -0.05) is 0 Å². The monoisotopic (exact) mass is 279 g/mol. The Morgan fingerprint density at radius 3 is 2.90 bits per heavy atom. The molecule has 0 spiro atoms. The first-order valence-corrected chi connectivity index (χ1v) is 6.56. The van der Waals surface area contributed by atoms with Gasteiger partial charge in [0.05, 0.1) is 0 Å². The first-order chi connectivity index (χ1) is 10.2. The number of Topliss-reactive ketones (excluding diaryl/α,β-unsaturated/α-hetero) is 1. The summed E-state index contributed by atoms with van der Waals surface area (Å²) in [6, 6.07) is 2.90. The molecule has 102 valence electrons. The molecule has 0 aliphatic heterocycles. The van der Waals surface area contributed by atoms with Gasteiger partial charge in [-0.15, -0.1) is 0 Å². The summed E-state index contributed by atoms with van der Waals surface area (Å²) in [5.41, 5.74) is 3.96. The number of allylic oxidation sites excluding steroid dienone is 1. The van der Waals surface area contributed by atoms with Gasteiger partial charge in [0.25, 0.3) is 0 Å². The zero-order chi connectivity index (χ0) is 14.3. The lowest BCUT2D eigenvalue weighted by atomic mass is 9.94. The van der Waals surface area contributed by atoms with Crippen LogP contribution in [-0.2, 0) is 0 Å². The zero-order valence-electron chi connectivity index (χ0n) is 10.7. The molecule has 5 heteroatoms. The number of hydrogen-bond acceptors (Lipinski definition) is 4. The fourth-order valence-electron chi connectivity index (χ4n) is 3.49. The van der Waals surface area contributed by atoms with Crippen molar-refractivity contribution in [3.8, 4) is 11.5 Å². The minimum atomic E-state index is -0.370. The molecule has 2 aliphatic rings. The fraction of sp³-hybridized carbons (Fsp3) is 0.0625. The molecule has 5 rings (SSSR count). The lowest BCUT2D eigenvalue weighted by Crippen LogP contribution is -1.97. The Morgan fingerprint density at radius 2 is 2.05 bits per heavy atom. The smallest absolute Gasteiger partial charge is 0.208 e.